The van der Waals surface area contributed by atoms with Gasteiger partial charge >= 0.3 is 0 Å². The smallest absolute Gasteiger partial charge is 0.244 e. The number of rotatable bonds is 8. The monoisotopic (exact) mass is 363 g/mol. The van der Waals surface area contributed by atoms with Crippen LogP contribution in [0.15, 0.2) is 54.9 Å². The SMILES string of the molecule is CCCOc1ccc(/C=C/C(=O)NCCc2cn3ccc(C)cc3n2)cc1. The minimum Gasteiger partial charge on any atom is -0.494 e. The second-order valence-electron chi connectivity index (χ2n) is 6.49. The number of carbonyl (C=O) groups is 1. The summed E-state index contributed by atoms with van der Waals surface area (Å²) in [4.78, 5) is 16.6. The van der Waals surface area contributed by atoms with Crippen molar-refractivity contribution in [1.29, 1.82) is 0 Å². The van der Waals surface area contributed by atoms with Crippen molar-refractivity contribution in [3.05, 3.63) is 71.7 Å². The number of pyridine rings is 1. The van der Waals surface area contributed by atoms with E-state index in [1.807, 2.05) is 60.1 Å². The van der Waals surface area contributed by atoms with Gasteiger partial charge < -0.3 is 14.5 Å². The molecule has 0 spiro atoms. The highest BCUT2D eigenvalue weighted by molar-refractivity contribution is 5.91. The second-order valence-corrected chi connectivity index (χ2v) is 6.49. The van der Waals surface area contributed by atoms with Crippen LogP contribution in [0, 0.1) is 6.92 Å². The van der Waals surface area contributed by atoms with Gasteiger partial charge in [0.1, 0.15) is 11.4 Å². The molecule has 1 aromatic carbocycles. The first-order chi connectivity index (χ1) is 13.1. The van der Waals surface area contributed by atoms with Gasteiger partial charge in [-0.05, 0) is 54.8 Å². The lowest BCUT2D eigenvalue weighted by molar-refractivity contribution is -0.116. The Balaban J connectivity index is 1.46. The highest BCUT2D eigenvalue weighted by atomic mass is 16.5. The van der Waals surface area contributed by atoms with Crippen LogP contribution >= 0.6 is 0 Å². The van der Waals surface area contributed by atoms with Crippen molar-refractivity contribution >= 4 is 17.6 Å². The molecule has 3 rings (SSSR count). The van der Waals surface area contributed by atoms with Crippen LogP contribution in [0.3, 0.4) is 0 Å². The quantitative estimate of drug-likeness (QED) is 0.619. The van der Waals surface area contributed by atoms with Crippen molar-refractivity contribution in [2.45, 2.75) is 26.7 Å². The molecule has 1 amide bonds. The molecular formula is C22H25N3O2. The van der Waals surface area contributed by atoms with Crippen molar-refractivity contribution < 1.29 is 9.53 Å². The molecule has 5 heteroatoms. The Bertz CT molecular complexity index is 926. The van der Waals surface area contributed by atoms with Crippen LogP contribution in [0.4, 0.5) is 0 Å². The molecule has 2 heterocycles. The maximum Gasteiger partial charge on any atom is 0.244 e. The van der Waals surface area contributed by atoms with Crippen molar-refractivity contribution in [3.63, 3.8) is 0 Å². The van der Waals surface area contributed by atoms with Gasteiger partial charge in [-0.2, -0.15) is 0 Å². The van der Waals surface area contributed by atoms with Gasteiger partial charge in [0.15, 0.2) is 0 Å². The first-order valence-electron chi connectivity index (χ1n) is 9.27. The van der Waals surface area contributed by atoms with E-state index in [0.717, 1.165) is 29.1 Å². The summed E-state index contributed by atoms with van der Waals surface area (Å²) in [6.45, 7) is 5.39. The van der Waals surface area contributed by atoms with E-state index >= 15 is 0 Å². The summed E-state index contributed by atoms with van der Waals surface area (Å²) in [6.07, 6.45) is 9.03. The van der Waals surface area contributed by atoms with Crippen LogP contribution in [0.2, 0.25) is 0 Å². The van der Waals surface area contributed by atoms with Crippen LogP contribution in [0.25, 0.3) is 11.7 Å². The Labute approximate surface area is 159 Å². The van der Waals surface area contributed by atoms with Gasteiger partial charge in [0.05, 0.1) is 12.3 Å². The highest BCUT2D eigenvalue weighted by Gasteiger charge is 2.03. The maximum absolute atomic E-state index is 12.0. The summed E-state index contributed by atoms with van der Waals surface area (Å²) in [7, 11) is 0. The minimum atomic E-state index is -0.110. The molecule has 140 valence electrons. The molecule has 0 aliphatic heterocycles. The van der Waals surface area contributed by atoms with Gasteiger partial charge in [-0.3, -0.25) is 4.79 Å². The lowest BCUT2D eigenvalue weighted by Crippen LogP contribution is -2.23. The summed E-state index contributed by atoms with van der Waals surface area (Å²) >= 11 is 0. The van der Waals surface area contributed by atoms with E-state index in [2.05, 4.69) is 17.2 Å². The fourth-order valence-corrected chi connectivity index (χ4v) is 2.70. The van der Waals surface area contributed by atoms with Crippen molar-refractivity contribution in [3.8, 4) is 5.75 Å². The number of nitrogens with one attached hydrogen (secondary N) is 1. The maximum atomic E-state index is 12.0. The van der Waals surface area contributed by atoms with Crippen molar-refractivity contribution in [1.82, 2.24) is 14.7 Å². The van der Waals surface area contributed by atoms with Crippen LogP contribution in [0.5, 0.6) is 5.75 Å². The predicted octanol–water partition coefficient (Wildman–Crippen LogP) is 3.80. The molecule has 2 aromatic heterocycles. The number of imidazole rings is 1. The topological polar surface area (TPSA) is 55.6 Å². The number of nitrogens with zero attached hydrogens (tertiary/aromatic N) is 2. The Morgan fingerprint density at radius 1 is 1.26 bits per heavy atom. The molecule has 0 unspecified atom stereocenters. The number of carbonyl (C=O) groups excluding carboxylic acids is 1. The van der Waals surface area contributed by atoms with E-state index < -0.39 is 0 Å². The summed E-state index contributed by atoms with van der Waals surface area (Å²) < 4.78 is 7.55. The number of aryl methyl sites for hydroxylation is 1. The van der Waals surface area contributed by atoms with E-state index in [-0.39, 0.29) is 5.91 Å². The molecule has 0 saturated carbocycles. The van der Waals surface area contributed by atoms with Gasteiger partial charge in [-0.1, -0.05) is 19.1 Å². The van der Waals surface area contributed by atoms with E-state index in [0.29, 0.717) is 19.6 Å². The fourth-order valence-electron chi connectivity index (χ4n) is 2.70. The first-order valence-corrected chi connectivity index (χ1v) is 9.27. The fraction of sp³-hybridized carbons (Fsp3) is 0.273. The zero-order valence-corrected chi connectivity index (χ0v) is 15.8. The summed E-state index contributed by atoms with van der Waals surface area (Å²) in [6, 6.07) is 11.8. The number of hydrogen-bond acceptors (Lipinski definition) is 3. The van der Waals surface area contributed by atoms with Crippen LogP contribution in [0.1, 0.15) is 30.2 Å². The molecule has 0 aliphatic rings. The third kappa shape index (κ3) is 5.45. The van der Waals surface area contributed by atoms with Crippen molar-refractivity contribution in [2.24, 2.45) is 0 Å². The van der Waals surface area contributed by atoms with E-state index in [1.165, 1.54) is 5.56 Å². The van der Waals surface area contributed by atoms with Gasteiger partial charge in [0, 0.05) is 31.4 Å². The Kier molecular flexibility index (Phi) is 6.26. The number of benzene rings is 1. The van der Waals surface area contributed by atoms with Crippen LogP contribution in [-0.2, 0) is 11.2 Å². The number of fused-ring (bicyclic) bond motifs is 1. The number of aromatic nitrogens is 2. The third-order valence-electron chi connectivity index (χ3n) is 4.13. The normalized spacial score (nSPS) is 11.2. The van der Waals surface area contributed by atoms with Gasteiger partial charge in [-0.25, -0.2) is 4.98 Å². The zero-order valence-electron chi connectivity index (χ0n) is 15.8. The Hall–Kier alpha value is -3.08. The largest absolute Gasteiger partial charge is 0.494 e. The Morgan fingerprint density at radius 2 is 2.07 bits per heavy atom. The van der Waals surface area contributed by atoms with Crippen LogP contribution < -0.4 is 10.1 Å². The number of amides is 1. The molecule has 0 atom stereocenters. The van der Waals surface area contributed by atoms with E-state index in [1.54, 1.807) is 12.2 Å². The molecule has 27 heavy (non-hydrogen) atoms. The average molecular weight is 363 g/mol. The first kappa shape index (κ1) is 18.7. The standard InChI is InChI=1S/C22H25N3O2/c1-3-14-27-20-7-4-18(5-8-20)6-9-22(26)23-12-10-19-16-25-13-11-17(2)15-21(25)24-19/h4-9,11,13,15-16H,3,10,12,14H2,1-2H3,(H,23,26)/b9-6+. The average Bonchev–Trinajstić information content (AvgIpc) is 3.07. The van der Waals surface area contributed by atoms with Gasteiger partial charge in [-0.15, -0.1) is 0 Å². The highest BCUT2D eigenvalue weighted by Crippen LogP contribution is 2.13. The lowest BCUT2D eigenvalue weighted by Gasteiger charge is -2.04. The summed E-state index contributed by atoms with van der Waals surface area (Å²) in [5.41, 5.74) is 4.04. The summed E-state index contributed by atoms with van der Waals surface area (Å²) in [5, 5.41) is 2.90. The number of ether oxygens (including phenoxy) is 1. The molecule has 0 aliphatic carbocycles. The van der Waals surface area contributed by atoms with Gasteiger partial charge in [0.2, 0.25) is 5.91 Å². The molecule has 5 nitrogen and oxygen atoms in total. The van der Waals surface area contributed by atoms with Crippen molar-refractivity contribution in [2.75, 3.05) is 13.2 Å². The predicted molar refractivity (Wildman–Crippen MR) is 108 cm³/mol. The minimum absolute atomic E-state index is 0.110. The zero-order chi connectivity index (χ0) is 19.1. The molecule has 1 N–H and O–H groups in total. The molecular weight excluding hydrogens is 338 g/mol. The third-order valence-corrected chi connectivity index (χ3v) is 4.13. The van der Waals surface area contributed by atoms with Crippen LogP contribution in [-0.4, -0.2) is 28.4 Å². The van der Waals surface area contributed by atoms with E-state index in [4.69, 9.17) is 4.74 Å². The molecule has 0 bridgehead atoms. The molecule has 0 saturated heterocycles. The molecule has 0 radical (unpaired) electrons. The Morgan fingerprint density at radius 3 is 2.85 bits per heavy atom. The molecule has 3 aromatic rings. The second kappa shape index (κ2) is 9.03. The molecule has 0 fully saturated rings. The lowest BCUT2D eigenvalue weighted by atomic mass is 10.2. The number of hydrogen-bond donors (Lipinski definition) is 1. The van der Waals surface area contributed by atoms with E-state index in [9.17, 15) is 4.79 Å². The summed E-state index contributed by atoms with van der Waals surface area (Å²) in [5.74, 6) is 0.738. The van der Waals surface area contributed by atoms with Gasteiger partial charge in [0.25, 0.3) is 0 Å².